The first-order chi connectivity index (χ1) is 13.1. The molecule has 1 unspecified atom stereocenters. The molecule has 148 valence electrons. The lowest BCUT2D eigenvalue weighted by atomic mass is 10.0. The summed E-state index contributed by atoms with van der Waals surface area (Å²) in [6.45, 7) is 11.3. The van der Waals surface area contributed by atoms with Crippen molar-refractivity contribution in [2.24, 2.45) is 5.92 Å². The van der Waals surface area contributed by atoms with Crippen molar-refractivity contribution >= 4 is 34.1 Å². The number of nitrogens with zero attached hydrogens (tertiary/aromatic N) is 2. The van der Waals surface area contributed by atoms with Crippen LogP contribution in [0.4, 0.5) is 4.79 Å². The molecule has 0 saturated heterocycles. The maximum atomic E-state index is 12.7. The van der Waals surface area contributed by atoms with Gasteiger partial charge in [0.2, 0.25) is 0 Å². The highest BCUT2D eigenvalue weighted by atomic mass is 32.1. The van der Waals surface area contributed by atoms with Gasteiger partial charge in [-0.25, -0.2) is 9.78 Å². The van der Waals surface area contributed by atoms with Crippen molar-refractivity contribution in [3.63, 3.8) is 0 Å². The number of fused-ring (bicyclic) bond motifs is 1. The second kappa shape index (κ2) is 7.51. The van der Waals surface area contributed by atoms with Gasteiger partial charge in [-0.15, -0.1) is 11.3 Å². The first-order valence-electron chi connectivity index (χ1n) is 9.41. The van der Waals surface area contributed by atoms with Gasteiger partial charge >= 0.3 is 6.09 Å². The van der Waals surface area contributed by atoms with Gasteiger partial charge in [-0.3, -0.25) is 9.36 Å². The molecule has 28 heavy (non-hydrogen) atoms. The Morgan fingerprint density at radius 2 is 1.82 bits per heavy atom. The lowest BCUT2D eigenvalue weighted by Gasteiger charge is -2.19. The van der Waals surface area contributed by atoms with Crippen LogP contribution in [0, 0.1) is 5.92 Å². The standard InChI is InChI=1S/C22H26N2O3S/c1-13(2)19(25)17-12-28-20(23-17)14(3)16-11-24(21(26)27-22(4,5)6)18-10-8-7-9-15(16)18/h7-14H,1-6H3. The maximum absolute atomic E-state index is 12.7. The summed E-state index contributed by atoms with van der Waals surface area (Å²) in [5.41, 5.74) is 1.72. The number of hydrogen-bond acceptors (Lipinski definition) is 5. The van der Waals surface area contributed by atoms with E-state index in [0.29, 0.717) is 5.69 Å². The molecule has 0 N–H and O–H groups in total. The Morgan fingerprint density at radius 3 is 2.46 bits per heavy atom. The second-order valence-electron chi connectivity index (χ2n) is 8.26. The predicted molar refractivity (Wildman–Crippen MR) is 112 cm³/mol. The lowest BCUT2D eigenvalue weighted by Crippen LogP contribution is -2.26. The molecule has 0 fully saturated rings. The smallest absolute Gasteiger partial charge is 0.419 e. The maximum Gasteiger partial charge on any atom is 0.419 e. The Labute approximate surface area is 169 Å². The monoisotopic (exact) mass is 398 g/mol. The van der Waals surface area contributed by atoms with Gasteiger partial charge in [-0.2, -0.15) is 0 Å². The topological polar surface area (TPSA) is 61.2 Å². The number of ether oxygens (including phenoxy) is 1. The molecular weight excluding hydrogens is 372 g/mol. The number of carbonyl (C=O) groups excluding carboxylic acids is 2. The van der Waals surface area contributed by atoms with Gasteiger partial charge in [0.15, 0.2) is 5.78 Å². The van der Waals surface area contributed by atoms with Crippen LogP contribution in [0.2, 0.25) is 0 Å². The molecule has 0 spiro atoms. The Balaban J connectivity index is 2.02. The van der Waals surface area contributed by atoms with Crippen LogP contribution in [0.3, 0.4) is 0 Å². The number of para-hydroxylation sites is 1. The highest BCUT2D eigenvalue weighted by Gasteiger charge is 2.24. The highest BCUT2D eigenvalue weighted by molar-refractivity contribution is 7.10. The molecule has 3 rings (SSSR count). The van der Waals surface area contributed by atoms with E-state index >= 15 is 0 Å². The second-order valence-corrected chi connectivity index (χ2v) is 9.15. The summed E-state index contributed by atoms with van der Waals surface area (Å²) in [6, 6.07) is 7.76. The molecule has 2 heterocycles. The Bertz CT molecular complexity index is 1020. The van der Waals surface area contributed by atoms with E-state index in [9.17, 15) is 9.59 Å². The fourth-order valence-electron chi connectivity index (χ4n) is 3.04. The van der Waals surface area contributed by atoms with E-state index in [-0.39, 0.29) is 17.6 Å². The molecule has 6 heteroatoms. The van der Waals surface area contributed by atoms with Gasteiger partial charge in [-0.1, -0.05) is 39.0 Å². The van der Waals surface area contributed by atoms with E-state index in [0.717, 1.165) is 21.5 Å². The number of Topliss-reactive ketones (excluding diaryl/α,β-unsaturated/α-hetero) is 1. The summed E-state index contributed by atoms with van der Waals surface area (Å²) in [4.78, 5) is 29.5. The normalized spacial score (nSPS) is 13.1. The largest absolute Gasteiger partial charge is 0.443 e. The molecule has 0 amide bonds. The van der Waals surface area contributed by atoms with Crippen molar-refractivity contribution in [2.75, 3.05) is 0 Å². The van der Waals surface area contributed by atoms with Gasteiger partial charge < -0.3 is 4.74 Å². The van der Waals surface area contributed by atoms with Crippen LogP contribution < -0.4 is 0 Å². The molecule has 0 radical (unpaired) electrons. The third-order valence-electron chi connectivity index (χ3n) is 4.47. The van der Waals surface area contributed by atoms with Crippen LogP contribution in [-0.4, -0.2) is 27.0 Å². The van der Waals surface area contributed by atoms with Crippen molar-refractivity contribution in [3.8, 4) is 0 Å². The summed E-state index contributed by atoms with van der Waals surface area (Å²) in [6.07, 6.45) is 1.42. The Kier molecular flexibility index (Phi) is 5.44. The number of aromatic nitrogens is 2. The van der Waals surface area contributed by atoms with Gasteiger partial charge in [0, 0.05) is 28.8 Å². The molecule has 0 saturated carbocycles. The van der Waals surface area contributed by atoms with Crippen LogP contribution in [0.25, 0.3) is 10.9 Å². The minimum atomic E-state index is -0.574. The van der Waals surface area contributed by atoms with E-state index in [1.165, 1.54) is 11.3 Å². The first-order valence-corrected chi connectivity index (χ1v) is 10.3. The minimum Gasteiger partial charge on any atom is -0.443 e. The third kappa shape index (κ3) is 4.02. The van der Waals surface area contributed by atoms with Crippen molar-refractivity contribution in [1.29, 1.82) is 0 Å². The average molecular weight is 399 g/mol. The minimum absolute atomic E-state index is 0.0471. The fourth-order valence-corrected chi connectivity index (χ4v) is 3.93. The number of benzene rings is 1. The predicted octanol–water partition coefficient (Wildman–Crippen LogP) is 5.87. The van der Waals surface area contributed by atoms with E-state index in [2.05, 4.69) is 4.98 Å². The summed E-state index contributed by atoms with van der Waals surface area (Å²) in [5.74, 6) is -0.0856. The number of hydrogen-bond donors (Lipinski definition) is 0. The molecule has 0 bridgehead atoms. The summed E-state index contributed by atoms with van der Waals surface area (Å²) >= 11 is 1.48. The van der Waals surface area contributed by atoms with Crippen LogP contribution in [0.1, 0.15) is 68.5 Å². The zero-order valence-electron chi connectivity index (χ0n) is 17.1. The van der Waals surface area contributed by atoms with E-state index in [1.807, 2.05) is 77.4 Å². The van der Waals surface area contributed by atoms with E-state index in [4.69, 9.17) is 4.74 Å². The zero-order valence-corrected chi connectivity index (χ0v) is 18.0. The lowest BCUT2D eigenvalue weighted by molar-refractivity contribution is 0.0544. The van der Waals surface area contributed by atoms with Gasteiger partial charge in [0.1, 0.15) is 16.3 Å². The number of rotatable bonds is 4. The van der Waals surface area contributed by atoms with E-state index in [1.54, 1.807) is 4.57 Å². The van der Waals surface area contributed by atoms with Crippen LogP contribution in [-0.2, 0) is 4.74 Å². The Morgan fingerprint density at radius 1 is 1.14 bits per heavy atom. The molecule has 0 aliphatic rings. The molecule has 0 aliphatic heterocycles. The number of ketones is 1. The molecule has 1 atom stereocenters. The Hall–Kier alpha value is -2.47. The van der Waals surface area contributed by atoms with Crippen LogP contribution in [0.15, 0.2) is 35.8 Å². The summed E-state index contributed by atoms with van der Waals surface area (Å²) in [7, 11) is 0. The molecule has 3 aromatic rings. The van der Waals surface area contributed by atoms with Gasteiger partial charge in [0.05, 0.1) is 5.52 Å². The number of carbonyl (C=O) groups is 2. The first kappa shape index (κ1) is 20.3. The molecule has 0 aliphatic carbocycles. The average Bonchev–Trinajstić information content (AvgIpc) is 3.24. The fraction of sp³-hybridized carbons (Fsp3) is 0.409. The highest BCUT2D eigenvalue weighted by Crippen LogP contribution is 2.34. The molecule has 2 aromatic heterocycles. The summed E-state index contributed by atoms with van der Waals surface area (Å²) in [5, 5.41) is 3.66. The van der Waals surface area contributed by atoms with E-state index < -0.39 is 11.7 Å². The molecule has 5 nitrogen and oxygen atoms in total. The van der Waals surface area contributed by atoms with Crippen LogP contribution >= 0.6 is 11.3 Å². The third-order valence-corrected chi connectivity index (χ3v) is 5.50. The van der Waals surface area contributed by atoms with Crippen LogP contribution in [0.5, 0.6) is 0 Å². The summed E-state index contributed by atoms with van der Waals surface area (Å²) < 4.78 is 7.11. The van der Waals surface area contributed by atoms with Gasteiger partial charge in [-0.05, 0) is 32.4 Å². The SMILES string of the molecule is CC(C)C(=O)c1csc(C(C)c2cn(C(=O)OC(C)(C)C)c3ccccc23)n1. The molecular formula is C22H26N2O3S. The molecule has 1 aromatic carbocycles. The van der Waals surface area contributed by atoms with Crippen molar-refractivity contribution in [3.05, 3.63) is 52.1 Å². The van der Waals surface area contributed by atoms with Crippen molar-refractivity contribution in [2.45, 2.75) is 53.1 Å². The zero-order chi connectivity index (χ0) is 20.6. The van der Waals surface area contributed by atoms with Gasteiger partial charge in [0.25, 0.3) is 0 Å². The van der Waals surface area contributed by atoms with Crippen molar-refractivity contribution in [1.82, 2.24) is 9.55 Å². The quantitative estimate of drug-likeness (QED) is 0.516. The number of thiazole rings is 1. The van der Waals surface area contributed by atoms with Crippen molar-refractivity contribution < 1.29 is 14.3 Å².